The van der Waals surface area contributed by atoms with Gasteiger partial charge in [0, 0.05) is 17.4 Å². The SMILES string of the molecule is CC1Cc2ccccc2N1c1ccc(NC(=O)Nc2ccccc2)nn1. The zero-order valence-corrected chi connectivity index (χ0v) is 14.4. The molecule has 0 spiro atoms. The zero-order valence-electron chi connectivity index (χ0n) is 14.4. The highest BCUT2D eigenvalue weighted by Crippen LogP contribution is 2.36. The topological polar surface area (TPSA) is 70.2 Å². The molecule has 6 nitrogen and oxygen atoms in total. The molecule has 0 bridgehead atoms. The molecule has 6 heteroatoms. The van der Waals surface area contributed by atoms with E-state index >= 15 is 0 Å². The summed E-state index contributed by atoms with van der Waals surface area (Å²) in [5.41, 5.74) is 3.19. The van der Waals surface area contributed by atoms with E-state index in [2.05, 4.69) is 50.9 Å². The van der Waals surface area contributed by atoms with E-state index in [-0.39, 0.29) is 6.03 Å². The lowest BCUT2D eigenvalue weighted by molar-refractivity contribution is 0.262. The van der Waals surface area contributed by atoms with Crippen molar-refractivity contribution in [3.05, 3.63) is 72.3 Å². The normalized spacial score (nSPS) is 15.4. The minimum atomic E-state index is -0.349. The zero-order chi connectivity index (χ0) is 17.9. The molecule has 2 aromatic carbocycles. The Bertz CT molecular complexity index is 911. The first kappa shape index (κ1) is 16.1. The van der Waals surface area contributed by atoms with Crippen molar-refractivity contribution < 1.29 is 4.79 Å². The van der Waals surface area contributed by atoms with Gasteiger partial charge in [-0.2, -0.15) is 0 Å². The summed E-state index contributed by atoms with van der Waals surface area (Å²) in [6, 6.07) is 21.2. The fourth-order valence-electron chi connectivity index (χ4n) is 3.24. The van der Waals surface area contributed by atoms with Crippen molar-refractivity contribution in [2.75, 3.05) is 15.5 Å². The molecule has 1 aliphatic rings. The number of hydrogen-bond acceptors (Lipinski definition) is 4. The van der Waals surface area contributed by atoms with E-state index in [0.717, 1.165) is 23.6 Å². The maximum Gasteiger partial charge on any atom is 0.324 e. The second-order valence-electron chi connectivity index (χ2n) is 6.27. The van der Waals surface area contributed by atoms with Gasteiger partial charge in [0.2, 0.25) is 0 Å². The van der Waals surface area contributed by atoms with E-state index in [4.69, 9.17) is 0 Å². The number of amides is 2. The maximum absolute atomic E-state index is 12.0. The molecule has 3 aromatic rings. The number of para-hydroxylation sites is 2. The minimum absolute atomic E-state index is 0.321. The molecule has 0 radical (unpaired) electrons. The van der Waals surface area contributed by atoms with Gasteiger partial charge in [0.05, 0.1) is 0 Å². The molecule has 0 aliphatic carbocycles. The Hall–Kier alpha value is -3.41. The van der Waals surface area contributed by atoms with E-state index in [1.165, 1.54) is 5.56 Å². The molecule has 1 atom stereocenters. The predicted octanol–water partition coefficient (Wildman–Crippen LogP) is 4.20. The number of carbonyl (C=O) groups excluding carboxylic acids is 1. The van der Waals surface area contributed by atoms with Crippen LogP contribution in [0.15, 0.2) is 66.7 Å². The number of benzene rings is 2. The first-order valence-electron chi connectivity index (χ1n) is 8.54. The summed E-state index contributed by atoms with van der Waals surface area (Å²) in [6.45, 7) is 2.17. The Balaban J connectivity index is 1.46. The molecule has 4 rings (SSSR count). The number of rotatable bonds is 3. The third kappa shape index (κ3) is 3.21. The standard InChI is InChI=1S/C20H19N5O/c1-14-13-15-7-5-6-10-17(15)25(14)19-12-11-18(23-24-19)22-20(26)21-16-8-3-2-4-9-16/h2-12,14H,13H2,1H3,(H2,21,22,23,26). The van der Waals surface area contributed by atoms with Gasteiger partial charge in [0.1, 0.15) is 0 Å². The van der Waals surface area contributed by atoms with Crippen molar-refractivity contribution in [3.63, 3.8) is 0 Å². The van der Waals surface area contributed by atoms with Crippen LogP contribution in [0.25, 0.3) is 0 Å². The Morgan fingerprint density at radius 3 is 2.50 bits per heavy atom. The Labute approximate surface area is 151 Å². The molecule has 2 N–H and O–H groups in total. The smallest absolute Gasteiger partial charge is 0.321 e. The van der Waals surface area contributed by atoms with Crippen molar-refractivity contribution in [2.24, 2.45) is 0 Å². The van der Waals surface area contributed by atoms with Crippen molar-refractivity contribution in [1.82, 2.24) is 10.2 Å². The van der Waals surface area contributed by atoms with Crippen molar-refractivity contribution in [1.29, 1.82) is 0 Å². The van der Waals surface area contributed by atoms with Gasteiger partial charge in [0.25, 0.3) is 0 Å². The van der Waals surface area contributed by atoms with Crippen LogP contribution in [0.4, 0.5) is 27.8 Å². The third-order valence-electron chi connectivity index (χ3n) is 4.38. The molecule has 2 heterocycles. The molecule has 26 heavy (non-hydrogen) atoms. The summed E-state index contributed by atoms with van der Waals surface area (Å²) in [5.74, 6) is 1.18. The van der Waals surface area contributed by atoms with Crippen LogP contribution >= 0.6 is 0 Å². The highest BCUT2D eigenvalue weighted by atomic mass is 16.2. The molecular weight excluding hydrogens is 326 g/mol. The van der Waals surface area contributed by atoms with E-state index in [0.29, 0.717) is 11.9 Å². The van der Waals surface area contributed by atoms with Gasteiger partial charge < -0.3 is 10.2 Å². The van der Waals surface area contributed by atoms with Gasteiger partial charge in [-0.05, 0) is 49.2 Å². The van der Waals surface area contributed by atoms with Crippen LogP contribution in [0.2, 0.25) is 0 Å². The fraction of sp³-hybridized carbons (Fsp3) is 0.150. The van der Waals surface area contributed by atoms with Crippen LogP contribution in [0.5, 0.6) is 0 Å². The average molecular weight is 345 g/mol. The van der Waals surface area contributed by atoms with E-state index in [1.54, 1.807) is 6.07 Å². The van der Waals surface area contributed by atoms with Crippen LogP contribution in [0.3, 0.4) is 0 Å². The summed E-state index contributed by atoms with van der Waals surface area (Å²) in [7, 11) is 0. The van der Waals surface area contributed by atoms with Gasteiger partial charge in [-0.3, -0.25) is 5.32 Å². The number of anilines is 4. The average Bonchev–Trinajstić information content (AvgIpc) is 2.99. The van der Waals surface area contributed by atoms with E-state index in [1.807, 2.05) is 42.5 Å². The van der Waals surface area contributed by atoms with E-state index < -0.39 is 0 Å². The van der Waals surface area contributed by atoms with Gasteiger partial charge in [-0.1, -0.05) is 36.4 Å². The third-order valence-corrected chi connectivity index (χ3v) is 4.38. The maximum atomic E-state index is 12.0. The molecular formula is C20H19N5O. The summed E-state index contributed by atoms with van der Waals surface area (Å²) in [4.78, 5) is 14.2. The number of carbonyl (C=O) groups is 1. The number of hydrogen-bond donors (Lipinski definition) is 2. The second-order valence-corrected chi connectivity index (χ2v) is 6.27. The van der Waals surface area contributed by atoms with Crippen LogP contribution in [0, 0.1) is 0 Å². The number of aromatic nitrogens is 2. The minimum Gasteiger partial charge on any atom is -0.321 e. The lowest BCUT2D eigenvalue weighted by Gasteiger charge is -2.23. The largest absolute Gasteiger partial charge is 0.324 e. The van der Waals surface area contributed by atoms with Gasteiger partial charge in [-0.25, -0.2) is 4.79 Å². The molecule has 130 valence electrons. The molecule has 1 aromatic heterocycles. The summed E-state index contributed by atoms with van der Waals surface area (Å²) < 4.78 is 0. The van der Waals surface area contributed by atoms with Crippen LogP contribution in [-0.2, 0) is 6.42 Å². The van der Waals surface area contributed by atoms with Crippen LogP contribution < -0.4 is 15.5 Å². The monoisotopic (exact) mass is 345 g/mol. The summed E-state index contributed by atoms with van der Waals surface area (Å²) in [6.07, 6.45) is 0.983. The Morgan fingerprint density at radius 2 is 1.73 bits per heavy atom. The quantitative estimate of drug-likeness (QED) is 0.746. The van der Waals surface area contributed by atoms with Crippen LogP contribution in [0.1, 0.15) is 12.5 Å². The van der Waals surface area contributed by atoms with Crippen LogP contribution in [-0.4, -0.2) is 22.3 Å². The van der Waals surface area contributed by atoms with Crippen molar-refractivity contribution >= 4 is 29.0 Å². The molecule has 0 saturated carbocycles. The second kappa shape index (κ2) is 6.84. The van der Waals surface area contributed by atoms with Crippen molar-refractivity contribution in [2.45, 2.75) is 19.4 Å². The number of nitrogens with one attached hydrogen (secondary N) is 2. The van der Waals surface area contributed by atoms with Gasteiger partial charge in [0.15, 0.2) is 11.6 Å². The number of nitrogens with zero attached hydrogens (tertiary/aromatic N) is 3. The molecule has 0 saturated heterocycles. The lowest BCUT2D eigenvalue weighted by atomic mass is 10.1. The molecule has 0 fully saturated rings. The predicted molar refractivity (Wildman–Crippen MR) is 103 cm³/mol. The summed E-state index contributed by atoms with van der Waals surface area (Å²) >= 11 is 0. The van der Waals surface area contributed by atoms with Gasteiger partial charge in [-0.15, -0.1) is 10.2 Å². The first-order chi connectivity index (χ1) is 12.7. The molecule has 1 unspecified atom stereocenters. The molecule has 1 aliphatic heterocycles. The summed E-state index contributed by atoms with van der Waals surface area (Å²) in [5, 5.41) is 13.9. The lowest BCUT2D eigenvalue weighted by Crippen LogP contribution is -2.25. The Morgan fingerprint density at radius 1 is 0.962 bits per heavy atom. The fourth-order valence-corrected chi connectivity index (χ4v) is 3.24. The Kier molecular flexibility index (Phi) is 4.23. The first-order valence-corrected chi connectivity index (χ1v) is 8.54. The molecule has 2 amide bonds. The number of urea groups is 1. The van der Waals surface area contributed by atoms with E-state index in [9.17, 15) is 4.79 Å². The highest BCUT2D eigenvalue weighted by Gasteiger charge is 2.27. The van der Waals surface area contributed by atoms with Crippen molar-refractivity contribution in [3.8, 4) is 0 Å². The van der Waals surface area contributed by atoms with Gasteiger partial charge >= 0.3 is 6.03 Å². The number of fused-ring (bicyclic) bond motifs is 1. The highest BCUT2D eigenvalue weighted by molar-refractivity contribution is 5.99.